The highest BCUT2D eigenvalue weighted by atomic mass is 79.9. The van der Waals surface area contributed by atoms with E-state index in [1.54, 1.807) is 36.4 Å². The van der Waals surface area contributed by atoms with E-state index in [-0.39, 0.29) is 11.4 Å². The number of halogens is 1. The number of nitrogens with one attached hydrogen (secondary N) is 1. The SMILES string of the molecule is CCOc1ccc(N(CC(=O)NC(C)(C)Cc2ccccc2)S(=O)(=O)c2ccc(Br)cc2)cc1. The molecule has 0 spiro atoms. The fraction of sp³-hybridized carbons (Fsp3) is 0.269. The van der Waals surface area contributed by atoms with E-state index in [2.05, 4.69) is 21.2 Å². The second kappa shape index (κ2) is 11.1. The minimum absolute atomic E-state index is 0.0981. The molecule has 3 aromatic rings. The molecule has 0 saturated heterocycles. The maximum Gasteiger partial charge on any atom is 0.264 e. The highest BCUT2D eigenvalue weighted by Gasteiger charge is 2.29. The van der Waals surface area contributed by atoms with Crippen LogP contribution in [0.5, 0.6) is 5.75 Å². The van der Waals surface area contributed by atoms with Gasteiger partial charge in [0.25, 0.3) is 10.0 Å². The summed E-state index contributed by atoms with van der Waals surface area (Å²) in [4.78, 5) is 13.2. The first-order valence-electron chi connectivity index (χ1n) is 11.0. The topological polar surface area (TPSA) is 75.7 Å². The van der Waals surface area contributed by atoms with Crippen molar-refractivity contribution in [3.05, 3.63) is 88.9 Å². The molecule has 3 aromatic carbocycles. The summed E-state index contributed by atoms with van der Waals surface area (Å²) in [5, 5.41) is 2.99. The minimum atomic E-state index is -3.99. The molecule has 0 atom stereocenters. The lowest BCUT2D eigenvalue weighted by Gasteiger charge is -2.29. The number of carbonyl (C=O) groups excluding carboxylic acids is 1. The van der Waals surface area contributed by atoms with Gasteiger partial charge in [-0.15, -0.1) is 0 Å². The predicted octanol–water partition coefficient (Wildman–Crippen LogP) is 5.18. The van der Waals surface area contributed by atoms with Crippen LogP contribution in [0.25, 0.3) is 0 Å². The molecule has 0 radical (unpaired) electrons. The van der Waals surface area contributed by atoms with Crippen molar-refractivity contribution in [1.29, 1.82) is 0 Å². The number of ether oxygens (including phenoxy) is 1. The number of hydrogen-bond donors (Lipinski definition) is 1. The Morgan fingerprint density at radius 2 is 1.59 bits per heavy atom. The lowest BCUT2D eigenvalue weighted by Crippen LogP contribution is -2.50. The lowest BCUT2D eigenvalue weighted by atomic mass is 9.95. The monoisotopic (exact) mass is 544 g/mol. The van der Waals surface area contributed by atoms with Crippen molar-refractivity contribution in [3.8, 4) is 5.75 Å². The number of benzene rings is 3. The maximum atomic E-state index is 13.5. The van der Waals surface area contributed by atoms with Gasteiger partial charge in [0, 0.05) is 10.0 Å². The van der Waals surface area contributed by atoms with Crippen LogP contribution in [0, 0.1) is 0 Å². The summed E-state index contributed by atoms with van der Waals surface area (Å²) < 4.78 is 34.5. The normalized spacial score (nSPS) is 11.6. The van der Waals surface area contributed by atoms with E-state index in [1.165, 1.54) is 12.1 Å². The van der Waals surface area contributed by atoms with Crippen molar-refractivity contribution >= 4 is 37.5 Å². The first-order chi connectivity index (χ1) is 16.1. The Kier molecular flexibility index (Phi) is 8.38. The van der Waals surface area contributed by atoms with Crippen molar-refractivity contribution in [2.45, 2.75) is 37.6 Å². The van der Waals surface area contributed by atoms with Crippen molar-refractivity contribution in [1.82, 2.24) is 5.32 Å². The van der Waals surface area contributed by atoms with Gasteiger partial charge in [-0.25, -0.2) is 8.42 Å². The summed E-state index contributed by atoms with van der Waals surface area (Å²) >= 11 is 3.33. The number of hydrogen-bond acceptors (Lipinski definition) is 4. The van der Waals surface area contributed by atoms with Crippen LogP contribution in [0.3, 0.4) is 0 Å². The summed E-state index contributed by atoms with van der Waals surface area (Å²) in [7, 11) is -3.99. The third-order valence-corrected chi connectivity index (χ3v) is 7.41. The van der Waals surface area contributed by atoms with Gasteiger partial charge in [0.15, 0.2) is 0 Å². The number of sulfonamides is 1. The van der Waals surface area contributed by atoms with Crippen molar-refractivity contribution in [2.24, 2.45) is 0 Å². The predicted molar refractivity (Wildman–Crippen MR) is 139 cm³/mol. The third kappa shape index (κ3) is 6.84. The Morgan fingerprint density at radius 3 is 2.18 bits per heavy atom. The summed E-state index contributed by atoms with van der Waals surface area (Å²) in [6.07, 6.45) is 0.613. The van der Waals surface area contributed by atoms with Gasteiger partial charge in [-0.05, 0) is 81.3 Å². The zero-order valence-corrected chi connectivity index (χ0v) is 21.9. The molecule has 0 fully saturated rings. The van der Waals surface area contributed by atoms with Gasteiger partial charge >= 0.3 is 0 Å². The zero-order valence-electron chi connectivity index (χ0n) is 19.5. The lowest BCUT2D eigenvalue weighted by molar-refractivity contribution is -0.121. The van der Waals surface area contributed by atoms with Crippen LogP contribution in [0.1, 0.15) is 26.3 Å². The Morgan fingerprint density at radius 1 is 0.971 bits per heavy atom. The van der Waals surface area contributed by atoms with Crippen LogP contribution in [-0.2, 0) is 21.2 Å². The van der Waals surface area contributed by atoms with E-state index in [1.807, 2.05) is 51.1 Å². The summed E-state index contributed by atoms with van der Waals surface area (Å²) in [6, 6.07) is 22.9. The molecule has 34 heavy (non-hydrogen) atoms. The quantitative estimate of drug-likeness (QED) is 0.381. The number of rotatable bonds is 10. The summed E-state index contributed by atoms with van der Waals surface area (Å²) in [5.74, 6) is 0.233. The Bertz CT molecular complexity index is 1200. The average molecular weight is 545 g/mol. The summed E-state index contributed by atoms with van der Waals surface area (Å²) in [6.45, 7) is 5.86. The van der Waals surface area contributed by atoms with Crippen molar-refractivity contribution < 1.29 is 17.9 Å². The fourth-order valence-electron chi connectivity index (χ4n) is 3.62. The Hall–Kier alpha value is -2.84. The molecule has 0 saturated carbocycles. The Balaban J connectivity index is 1.87. The average Bonchev–Trinajstić information content (AvgIpc) is 2.78. The fourth-order valence-corrected chi connectivity index (χ4v) is 5.31. The smallest absolute Gasteiger partial charge is 0.264 e. The van der Waals surface area contributed by atoms with E-state index >= 15 is 0 Å². The molecule has 3 rings (SSSR count). The van der Waals surface area contributed by atoms with Crippen molar-refractivity contribution in [2.75, 3.05) is 17.5 Å². The number of amides is 1. The highest BCUT2D eigenvalue weighted by Crippen LogP contribution is 2.27. The third-order valence-electron chi connectivity index (χ3n) is 5.09. The maximum absolute atomic E-state index is 13.5. The second-order valence-electron chi connectivity index (χ2n) is 8.49. The molecule has 0 aromatic heterocycles. The highest BCUT2D eigenvalue weighted by molar-refractivity contribution is 9.10. The van der Waals surface area contributed by atoms with Crippen LogP contribution in [0.15, 0.2) is 88.2 Å². The van der Waals surface area contributed by atoms with E-state index in [9.17, 15) is 13.2 Å². The number of anilines is 1. The molecule has 0 bridgehead atoms. The van der Waals surface area contributed by atoms with Crippen LogP contribution >= 0.6 is 15.9 Å². The van der Waals surface area contributed by atoms with E-state index in [0.717, 1.165) is 14.3 Å². The van der Waals surface area contributed by atoms with Crippen LogP contribution in [-0.4, -0.2) is 33.0 Å². The first-order valence-corrected chi connectivity index (χ1v) is 13.2. The van der Waals surface area contributed by atoms with Gasteiger partial charge in [0.2, 0.25) is 5.91 Å². The van der Waals surface area contributed by atoms with Gasteiger partial charge in [0.05, 0.1) is 17.2 Å². The van der Waals surface area contributed by atoms with Gasteiger partial charge < -0.3 is 10.1 Å². The molecule has 180 valence electrons. The molecule has 0 aliphatic rings. The van der Waals surface area contributed by atoms with Crippen molar-refractivity contribution in [3.63, 3.8) is 0 Å². The van der Waals surface area contributed by atoms with Gasteiger partial charge in [-0.1, -0.05) is 46.3 Å². The van der Waals surface area contributed by atoms with Crippen LogP contribution in [0.4, 0.5) is 5.69 Å². The molecule has 6 nitrogen and oxygen atoms in total. The van der Waals surface area contributed by atoms with Crippen LogP contribution in [0.2, 0.25) is 0 Å². The van der Waals surface area contributed by atoms with E-state index in [0.29, 0.717) is 24.5 Å². The van der Waals surface area contributed by atoms with Gasteiger partial charge in [-0.3, -0.25) is 9.10 Å². The minimum Gasteiger partial charge on any atom is -0.494 e. The van der Waals surface area contributed by atoms with E-state index < -0.39 is 21.5 Å². The second-order valence-corrected chi connectivity index (χ2v) is 11.3. The molecule has 1 N–H and O–H groups in total. The van der Waals surface area contributed by atoms with E-state index in [4.69, 9.17) is 4.74 Å². The first kappa shape index (κ1) is 25.8. The Labute approximate surface area is 210 Å². The van der Waals surface area contributed by atoms with Gasteiger partial charge in [0.1, 0.15) is 12.3 Å². The molecule has 0 aliphatic heterocycles. The molecule has 8 heteroatoms. The zero-order chi connectivity index (χ0) is 24.8. The number of nitrogens with zero attached hydrogens (tertiary/aromatic N) is 1. The standard InChI is InChI=1S/C26H29BrN2O4S/c1-4-33-23-14-12-22(13-15-23)29(34(31,32)24-16-10-21(27)11-17-24)19-25(30)28-26(2,3)18-20-8-6-5-7-9-20/h5-17H,4,18-19H2,1-3H3,(H,28,30). The molecule has 0 heterocycles. The van der Waals surface area contributed by atoms with Crippen LogP contribution < -0.4 is 14.4 Å². The largest absolute Gasteiger partial charge is 0.494 e. The molecule has 0 unspecified atom stereocenters. The molecule has 1 amide bonds. The number of carbonyl (C=O) groups is 1. The van der Waals surface area contributed by atoms with Gasteiger partial charge in [-0.2, -0.15) is 0 Å². The molecule has 0 aliphatic carbocycles. The molecular weight excluding hydrogens is 516 g/mol. The summed E-state index contributed by atoms with van der Waals surface area (Å²) in [5.41, 5.74) is 0.894. The molecular formula is C26H29BrN2O4S.